The zero-order valence-electron chi connectivity index (χ0n) is 14.8. The van der Waals surface area contributed by atoms with Crippen LogP contribution in [-0.2, 0) is 10.4 Å². The molecule has 1 saturated heterocycles. The summed E-state index contributed by atoms with van der Waals surface area (Å²) in [5.41, 5.74) is 0.391. The Hall–Kier alpha value is -2.08. The van der Waals surface area contributed by atoms with E-state index in [0.717, 1.165) is 18.8 Å². The van der Waals surface area contributed by atoms with Gasteiger partial charge >= 0.3 is 0 Å². The number of carbonyl (C=O) groups is 2. The lowest BCUT2D eigenvalue weighted by Crippen LogP contribution is -2.36. The maximum absolute atomic E-state index is 12.7. The molecule has 1 aliphatic heterocycles. The first-order valence-corrected chi connectivity index (χ1v) is 9.38. The highest BCUT2D eigenvalue weighted by Crippen LogP contribution is 2.41. The Morgan fingerprint density at radius 3 is 2.37 bits per heavy atom. The molecule has 0 radical (unpaired) electrons. The molecule has 2 aromatic carbocycles. The number of nitrogens with one attached hydrogen (secondary N) is 1. The number of amides is 1. The number of hydrogen-bond donors (Lipinski definition) is 2. The average Bonchev–Trinajstić information content (AvgIpc) is 2.57. The minimum Gasteiger partial charge on any atom is -0.385 e. The van der Waals surface area contributed by atoms with Gasteiger partial charge in [-0.3, -0.25) is 9.59 Å². The third-order valence-corrected chi connectivity index (χ3v) is 5.39. The monoisotopic (exact) mass is 406 g/mol. The van der Waals surface area contributed by atoms with Gasteiger partial charge in [0, 0.05) is 41.3 Å². The van der Waals surface area contributed by atoms with Crippen LogP contribution in [0.2, 0.25) is 10.0 Å². The number of benzene rings is 2. The number of aliphatic hydroxyl groups is 1. The van der Waals surface area contributed by atoms with Crippen LogP contribution in [0, 0.1) is 0 Å². The molecule has 0 aromatic heterocycles. The Balaban J connectivity index is 1.84. The molecule has 0 saturated carbocycles. The maximum Gasteiger partial charge on any atom is 0.211 e. The van der Waals surface area contributed by atoms with Gasteiger partial charge in [-0.1, -0.05) is 23.2 Å². The van der Waals surface area contributed by atoms with E-state index in [1.807, 2.05) is 12.1 Å². The fourth-order valence-electron chi connectivity index (χ4n) is 3.21. The van der Waals surface area contributed by atoms with Crippen molar-refractivity contribution in [3.63, 3.8) is 0 Å². The largest absolute Gasteiger partial charge is 0.385 e. The Labute approximate surface area is 167 Å². The number of carbonyl (C=O) groups excluding carboxylic acids is 2. The summed E-state index contributed by atoms with van der Waals surface area (Å²) < 4.78 is 0. The molecular weight excluding hydrogens is 387 g/mol. The van der Waals surface area contributed by atoms with Gasteiger partial charge in [-0.15, -0.1) is 0 Å². The van der Waals surface area contributed by atoms with Gasteiger partial charge in [0.2, 0.25) is 6.41 Å². The van der Waals surface area contributed by atoms with E-state index in [-0.39, 0.29) is 33.5 Å². The van der Waals surface area contributed by atoms with Gasteiger partial charge in [0.15, 0.2) is 5.78 Å². The lowest BCUT2D eigenvalue weighted by molar-refractivity contribution is -0.105. The normalized spacial score (nSPS) is 15.6. The second-order valence-corrected chi connectivity index (χ2v) is 7.62. The second kappa shape index (κ2) is 7.89. The highest BCUT2D eigenvalue weighted by molar-refractivity contribution is 6.36. The summed E-state index contributed by atoms with van der Waals surface area (Å²) in [5.74, 6) is -0.233. The Kier molecular flexibility index (Phi) is 5.75. The second-order valence-electron chi connectivity index (χ2n) is 6.80. The quantitative estimate of drug-likeness (QED) is 0.532. The van der Waals surface area contributed by atoms with Gasteiger partial charge in [0.1, 0.15) is 0 Å². The van der Waals surface area contributed by atoms with E-state index in [4.69, 9.17) is 23.2 Å². The number of nitrogens with zero attached hydrogens (tertiary/aromatic N) is 1. The van der Waals surface area contributed by atoms with Crippen LogP contribution in [0.4, 0.5) is 11.4 Å². The fourth-order valence-corrected chi connectivity index (χ4v) is 3.79. The molecule has 3 rings (SSSR count). The van der Waals surface area contributed by atoms with E-state index in [1.54, 1.807) is 12.1 Å². The summed E-state index contributed by atoms with van der Waals surface area (Å²) in [6.45, 7) is 3.54. The van der Waals surface area contributed by atoms with Crippen molar-refractivity contribution in [3.05, 3.63) is 57.6 Å². The van der Waals surface area contributed by atoms with Gasteiger partial charge in [-0.25, -0.2) is 0 Å². The van der Waals surface area contributed by atoms with Crippen LogP contribution in [0.1, 0.15) is 35.7 Å². The first kappa shape index (κ1) is 19.7. The molecule has 2 aromatic rings. The van der Waals surface area contributed by atoms with Crippen molar-refractivity contribution in [3.8, 4) is 0 Å². The number of halogens is 2. The van der Waals surface area contributed by atoms with Crippen LogP contribution in [0.25, 0.3) is 0 Å². The van der Waals surface area contributed by atoms with Crippen LogP contribution < -0.4 is 10.2 Å². The fraction of sp³-hybridized carbons (Fsp3) is 0.300. The van der Waals surface area contributed by atoms with E-state index in [0.29, 0.717) is 12.0 Å². The third-order valence-electron chi connectivity index (χ3n) is 4.76. The summed E-state index contributed by atoms with van der Waals surface area (Å²) in [7, 11) is 0. The first-order chi connectivity index (χ1) is 12.8. The van der Waals surface area contributed by atoms with Crippen molar-refractivity contribution in [2.75, 3.05) is 23.3 Å². The van der Waals surface area contributed by atoms with E-state index >= 15 is 0 Å². The number of rotatable bonds is 7. The summed E-state index contributed by atoms with van der Waals surface area (Å²) in [6.07, 6.45) is 1.43. The zero-order valence-corrected chi connectivity index (χ0v) is 16.3. The predicted molar refractivity (Wildman–Crippen MR) is 108 cm³/mol. The summed E-state index contributed by atoms with van der Waals surface area (Å²) in [6, 6.07) is 10.4. The van der Waals surface area contributed by atoms with Crippen LogP contribution in [0.3, 0.4) is 0 Å². The summed E-state index contributed by atoms with van der Waals surface area (Å²) in [4.78, 5) is 25.9. The van der Waals surface area contributed by atoms with Crippen molar-refractivity contribution in [1.82, 2.24) is 0 Å². The van der Waals surface area contributed by atoms with Gasteiger partial charge in [-0.05, 0) is 49.7 Å². The molecule has 1 unspecified atom stereocenters. The Morgan fingerprint density at radius 2 is 1.81 bits per heavy atom. The zero-order chi connectivity index (χ0) is 19.6. The lowest BCUT2D eigenvalue weighted by atomic mass is 9.87. The molecule has 142 valence electrons. The van der Waals surface area contributed by atoms with Crippen LogP contribution in [-0.4, -0.2) is 30.4 Å². The maximum atomic E-state index is 12.7. The number of hydrogen-bond acceptors (Lipinski definition) is 4. The third kappa shape index (κ3) is 4.10. The number of Topliss-reactive ketones (excluding diaryl/α,β-unsaturated/α-hetero) is 1. The number of ketones is 1. The average molecular weight is 407 g/mol. The van der Waals surface area contributed by atoms with E-state index in [1.165, 1.54) is 25.5 Å². The van der Waals surface area contributed by atoms with Crippen LogP contribution in [0.5, 0.6) is 0 Å². The molecule has 1 aliphatic rings. The Morgan fingerprint density at radius 1 is 1.19 bits per heavy atom. The van der Waals surface area contributed by atoms with E-state index < -0.39 is 5.60 Å². The van der Waals surface area contributed by atoms with Crippen molar-refractivity contribution in [2.24, 2.45) is 0 Å². The minimum atomic E-state index is -1.61. The predicted octanol–water partition coefficient (Wildman–Crippen LogP) is 4.25. The molecule has 0 spiro atoms. The highest BCUT2D eigenvalue weighted by Gasteiger charge is 2.33. The highest BCUT2D eigenvalue weighted by atomic mass is 35.5. The molecule has 7 heteroatoms. The van der Waals surface area contributed by atoms with E-state index in [9.17, 15) is 14.7 Å². The van der Waals surface area contributed by atoms with Crippen LogP contribution in [0.15, 0.2) is 36.4 Å². The van der Waals surface area contributed by atoms with Gasteiger partial charge in [0.05, 0.1) is 16.3 Å². The van der Waals surface area contributed by atoms with Crippen molar-refractivity contribution in [1.29, 1.82) is 0 Å². The van der Waals surface area contributed by atoms with E-state index in [2.05, 4.69) is 10.2 Å². The standard InChI is InChI=1S/C20H20Cl2N2O3/c1-20(27,18-15(21)7-8-16(22)19(18)23-12-25)11-17(26)13-3-5-14(6-4-13)24-9-2-10-24/h3-8,12,27H,2,9-11H2,1H3,(H,23,25). The van der Waals surface area contributed by atoms with Gasteiger partial charge < -0.3 is 15.3 Å². The topological polar surface area (TPSA) is 69.6 Å². The molecular formula is C20H20Cl2N2O3. The van der Waals surface area contributed by atoms with Crippen molar-refractivity contribution >= 4 is 46.8 Å². The Bertz CT molecular complexity index is 862. The molecule has 1 heterocycles. The SMILES string of the molecule is CC(O)(CC(=O)c1ccc(N2CCC2)cc1)c1c(Cl)ccc(Cl)c1NC=O. The van der Waals surface area contributed by atoms with Crippen molar-refractivity contribution in [2.45, 2.75) is 25.4 Å². The molecule has 2 N–H and O–H groups in total. The minimum absolute atomic E-state index is 0.199. The smallest absolute Gasteiger partial charge is 0.211 e. The van der Waals surface area contributed by atoms with Crippen molar-refractivity contribution < 1.29 is 14.7 Å². The summed E-state index contributed by atoms with van der Waals surface area (Å²) >= 11 is 12.4. The van der Waals surface area contributed by atoms with Crippen LogP contribution >= 0.6 is 23.2 Å². The van der Waals surface area contributed by atoms with Gasteiger partial charge in [-0.2, -0.15) is 0 Å². The molecule has 0 bridgehead atoms. The van der Waals surface area contributed by atoms with Gasteiger partial charge in [0.25, 0.3) is 0 Å². The molecule has 5 nitrogen and oxygen atoms in total. The molecule has 1 fully saturated rings. The molecule has 27 heavy (non-hydrogen) atoms. The summed E-state index contributed by atoms with van der Waals surface area (Å²) in [5, 5.41) is 13.9. The lowest BCUT2D eigenvalue weighted by Gasteiger charge is -2.33. The first-order valence-electron chi connectivity index (χ1n) is 8.63. The molecule has 0 aliphatic carbocycles. The molecule has 1 atom stereocenters. The molecule has 1 amide bonds. The number of anilines is 2.